The summed E-state index contributed by atoms with van der Waals surface area (Å²) in [5, 5.41) is 14.0. The number of ether oxygens (including phenoxy) is 1. The van der Waals surface area contributed by atoms with E-state index in [4.69, 9.17) is 4.74 Å². The number of hydrogen-bond acceptors (Lipinski definition) is 4. The van der Waals surface area contributed by atoms with E-state index >= 15 is 0 Å². The van der Waals surface area contributed by atoms with Crippen LogP contribution >= 0.6 is 15.9 Å². The van der Waals surface area contributed by atoms with Crippen molar-refractivity contribution < 1.29 is 14.1 Å². The van der Waals surface area contributed by atoms with Crippen molar-refractivity contribution in [3.63, 3.8) is 0 Å². The molecular weight excluding hydrogens is 331 g/mol. The SMILES string of the molecule is C=C(CNC(C)C)COc1cc(F)c(Br)cc1[N+](=O)[O-]. The zero-order chi connectivity index (χ0) is 15.3. The summed E-state index contributed by atoms with van der Waals surface area (Å²) in [5.74, 6) is -0.724. The van der Waals surface area contributed by atoms with E-state index in [2.05, 4.69) is 27.8 Å². The second kappa shape index (κ2) is 7.35. The van der Waals surface area contributed by atoms with Gasteiger partial charge in [0.1, 0.15) is 12.4 Å². The molecule has 1 N–H and O–H groups in total. The van der Waals surface area contributed by atoms with E-state index in [0.717, 1.165) is 17.7 Å². The highest BCUT2D eigenvalue weighted by Crippen LogP contribution is 2.32. The zero-order valence-corrected chi connectivity index (χ0v) is 12.9. The average molecular weight is 347 g/mol. The van der Waals surface area contributed by atoms with E-state index in [-0.39, 0.29) is 22.5 Å². The minimum Gasteiger partial charge on any atom is -0.482 e. The molecule has 7 heteroatoms. The van der Waals surface area contributed by atoms with E-state index in [1.807, 2.05) is 13.8 Å². The number of nitro benzene ring substituents is 1. The lowest BCUT2D eigenvalue weighted by Crippen LogP contribution is -2.26. The normalized spacial score (nSPS) is 10.7. The Morgan fingerprint density at radius 3 is 2.80 bits per heavy atom. The van der Waals surface area contributed by atoms with Gasteiger partial charge in [-0.15, -0.1) is 0 Å². The van der Waals surface area contributed by atoms with Crippen molar-refractivity contribution in [2.75, 3.05) is 13.2 Å². The largest absolute Gasteiger partial charge is 0.482 e. The van der Waals surface area contributed by atoms with E-state index < -0.39 is 10.7 Å². The second-order valence-corrected chi connectivity index (χ2v) is 5.42. The summed E-state index contributed by atoms with van der Waals surface area (Å²) < 4.78 is 18.7. The highest BCUT2D eigenvalue weighted by molar-refractivity contribution is 9.10. The summed E-state index contributed by atoms with van der Waals surface area (Å²) >= 11 is 2.91. The van der Waals surface area contributed by atoms with Gasteiger partial charge < -0.3 is 10.1 Å². The molecule has 1 rings (SSSR count). The van der Waals surface area contributed by atoms with Gasteiger partial charge >= 0.3 is 5.69 Å². The van der Waals surface area contributed by atoms with Crippen molar-refractivity contribution in [3.8, 4) is 5.75 Å². The predicted molar refractivity (Wildman–Crippen MR) is 78.5 cm³/mol. The molecule has 5 nitrogen and oxygen atoms in total. The van der Waals surface area contributed by atoms with Crippen LogP contribution in [0.4, 0.5) is 10.1 Å². The molecule has 0 aliphatic heterocycles. The maximum absolute atomic E-state index is 13.4. The van der Waals surface area contributed by atoms with Crippen LogP contribution in [0.15, 0.2) is 28.8 Å². The maximum Gasteiger partial charge on any atom is 0.312 e. The molecule has 0 heterocycles. The Balaban J connectivity index is 2.74. The monoisotopic (exact) mass is 346 g/mol. The van der Waals surface area contributed by atoms with E-state index in [1.165, 1.54) is 0 Å². The van der Waals surface area contributed by atoms with Gasteiger partial charge in [-0.1, -0.05) is 20.4 Å². The molecule has 0 unspecified atom stereocenters. The Morgan fingerprint density at radius 2 is 2.25 bits per heavy atom. The van der Waals surface area contributed by atoms with Crippen LogP contribution in [0, 0.1) is 15.9 Å². The first-order valence-electron chi connectivity index (χ1n) is 5.97. The molecule has 0 amide bonds. The third-order valence-electron chi connectivity index (χ3n) is 2.39. The minimum absolute atomic E-state index is 0.0249. The van der Waals surface area contributed by atoms with Crippen LogP contribution in [-0.4, -0.2) is 24.1 Å². The molecule has 0 saturated carbocycles. The number of benzene rings is 1. The number of halogens is 2. The van der Waals surface area contributed by atoms with Crippen molar-refractivity contribution in [3.05, 3.63) is 44.7 Å². The Labute approximate surface area is 125 Å². The Hall–Kier alpha value is -1.47. The van der Waals surface area contributed by atoms with Crippen LogP contribution < -0.4 is 10.1 Å². The molecule has 0 aliphatic rings. The molecular formula is C13H16BrFN2O3. The van der Waals surface area contributed by atoms with E-state index in [1.54, 1.807) is 0 Å². The van der Waals surface area contributed by atoms with Gasteiger partial charge in [0, 0.05) is 24.7 Å². The van der Waals surface area contributed by atoms with Crippen LogP contribution in [0.25, 0.3) is 0 Å². The summed E-state index contributed by atoms with van der Waals surface area (Å²) in [4.78, 5) is 10.3. The summed E-state index contributed by atoms with van der Waals surface area (Å²) in [6.45, 7) is 8.39. The third-order valence-corrected chi connectivity index (χ3v) is 3.00. The molecule has 110 valence electrons. The summed E-state index contributed by atoms with van der Waals surface area (Å²) in [6.07, 6.45) is 0. The lowest BCUT2D eigenvalue weighted by Gasteiger charge is -2.12. The smallest absolute Gasteiger partial charge is 0.312 e. The van der Waals surface area contributed by atoms with E-state index in [0.29, 0.717) is 12.6 Å². The zero-order valence-electron chi connectivity index (χ0n) is 11.3. The Kier molecular flexibility index (Phi) is 6.09. The summed E-state index contributed by atoms with van der Waals surface area (Å²) in [5.41, 5.74) is 0.430. The van der Waals surface area contributed by atoms with E-state index in [9.17, 15) is 14.5 Å². The van der Waals surface area contributed by atoms with Crippen molar-refractivity contribution in [2.24, 2.45) is 0 Å². The topological polar surface area (TPSA) is 64.4 Å². The second-order valence-electron chi connectivity index (χ2n) is 4.57. The highest BCUT2D eigenvalue weighted by atomic mass is 79.9. The lowest BCUT2D eigenvalue weighted by atomic mass is 10.2. The van der Waals surface area contributed by atoms with Gasteiger partial charge in [0.2, 0.25) is 0 Å². The van der Waals surface area contributed by atoms with Gasteiger partial charge in [-0.25, -0.2) is 4.39 Å². The number of hydrogen-bond donors (Lipinski definition) is 1. The first-order chi connectivity index (χ1) is 9.31. The van der Waals surface area contributed by atoms with Gasteiger partial charge in [0.05, 0.1) is 9.40 Å². The third kappa shape index (κ3) is 4.90. The molecule has 0 aliphatic carbocycles. The van der Waals surface area contributed by atoms with Gasteiger partial charge in [0.25, 0.3) is 0 Å². The molecule has 0 atom stereocenters. The highest BCUT2D eigenvalue weighted by Gasteiger charge is 2.19. The fourth-order valence-electron chi connectivity index (χ4n) is 1.36. The van der Waals surface area contributed by atoms with Crippen LogP contribution in [0.2, 0.25) is 0 Å². The number of nitrogens with zero attached hydrogens (tertiary/aromatic N) is 1. The minimum atomic E-state index is -0.616. The quantitative estimate of drug-likeness (QED) is 0.466. The molecule has 0 aromatic heterocycles. The fraction of sp³-hybridized carbons (Fsp3) is 0.385. The summed E-state index contributed by atoms with van der Waals surface area (Å²) in [7, 11) is 0. The van der Waals surface area contributed by atoms with Crippen LogP contribution in [0.5, 0.6) is 5.75 Å². The van der Waals surface area contributed by atoms with Crippen molar-refractivity contribution in [1.29, 1.82) is 0 Å². The molecule has 1 aromatic rings. The van der Waals surface area contributed by atoms with Crippen molar-refractivity contribution >= 4 is 21.6 Å². The van der Waals surface area contributed by atoms with Crippen LogP contribution in [0.3, 0.4) is 0 Å². The van der Waals surface area contributed by atoms with Crippen molar-refractivity contribution in [2.45, 2.75) is 19.9 Å². The van der Waals surface area contributed by atoms with Gasteiger partial charge in [-0.3, -0.25) is 10.1 Å². The molecule has 0 fully saturated rings. The number of rotatable bonds is 7. The fourth-order valence-corrected chi connectivity index (χ4v) is 1.69. The molecule has 1 aromatic carbocycles. The molecule has 0 radical (unpaired) electrons. The van der Waals surface area contributed by atoms with Gasteiger partial charge in [0.15, 0.2) is 5.75 Å². The maximum atomic E-state index is 13.4. The predicted octanol–water partition coefficient (Wildman–Crippen LogP) is 3.43. The summed E-state index contributed by atoms with van der Waals surface area (Å²) in [6, 6.07) is 2.37. The number of nitro groups is 1. The van der Waals surface area contributed by atoms with Gasteiger partial charge in [-0.05, 0) is 21.5 Å². The van der Waals surface area contributed by atoms with Gasteiger partial charge in [-0.2, -0.15) is 0 Å². The molecule has 0 spiro atoms. The Bertz CT molecular complexity index is 521. The standard InChI is InChI=1S/C13H16BrFN2O3/c1-8(2)16-6-9(3)7-20-13-5-11(15)10(14)4-12(13)17(18)19/h4-5,8,16H,3,6-7H2,1-2H3. The first kappa shape index (κ1) is 16.6. The Morgan fingerprint density at radius 1 is 1.60 bits per heavy atom. The lowest BCUT2D eigenvalue weighted by molar-refractivity contribution is -0.386. The number of nitrogens with one attached hydrogen (secondary N) is 1. The van der Waals surface area contributed by atoms with Crippen LogP contribution in [-0.2, 0) is 0 Å². The molecule has 20 heavy (non-hydrogen) atoms. The molecule has 0 saturated heterocycles. The van der Waals surface area contributed by atoms with Crippen LogP contribution in [0.1, 0.15) is 13.8 Å². The van der Waals surface area contributed by atoms with Crippen molar-refractivity contribution in [1.82, 2.24) is 5.32 Å². The first-order valence-corrected chi connectivity index (χ1v) is 6.76. The molecule has 0 bridgehead atoms. The average Bonchev–Trinajstić information content (AvgIpc) is 2.36.